The number of anilines is 2. The van der Waals surface area contributed by atoms with Gasteiger partial charge in [-0.25, -0.2) is 25.3 Å². The number of rotatable bonds is 11. The third-order valence-electron chi connectivity index (χ3n) is 6.74. The molecule has 14 heteroatoms. The number of likely N-dealkylation sites (tertiary alicyclic amines) is 1. The molecule has 218 valence electrons. The Morgan fingerprint density at radius 1 is 0.805 bits per heavy atom. The van der Waals surface area contributed by atoms with Gasteiger partial charge in [0.15, 0.2) is 9.84 Å². The number of nitrogens with zero attached hydrogens (tertiary/aromatic N) is 1. The summed E-state index contributed by atoms with van der Waals surface area (Å²) < 4.78 is 90.7. The Morgan fingerprint density at radius 3 is 2.10 bits per heavy atom. The molecule has 0 radical (unpaired) electrons. The van der Waals surface area contributed by atoms with Crippen molar-refractivity contribution in [3.05, 3.63) is 72.8 Å². The minimum atomic E-state index is -4.41. The van der Waals surface area contributed by atoms with Crippen LogP contribution in [0.25, 0.3) is 10.1 Å². The minimum absolute atomic E-state index is 0.00175. The van der Waals surface area contributed by atoms with E-state index in [1.807, 2.05) is 18.2 Å². The molecule has 2 N–H and O–H groups in total. The number of para-hydroxylation sites is 2. The van der Waals surface area contributed by atoms with Gasteiger partial charge in [-0.15, -0.1) is 11.3 Å². The molecule has 0 saturated carbocycles. The zero-order valence-electron chi connectivity index (χ0n) is 22.1. The van der Waals surface area contributed by atoms with E-state index in [0.717, 1.165) is 53.4 Å². The topological polar surface area (TPSA) is 139 Å². The molecule has 0 bridgehead atoms. The van der Waals surface area contributed by atoms with E-state index in [9.17, 15) is 25.3 Å². The molecule has 0 spiro atoms. The van der Waals surface area contributed by atoms with Crippen molar-refractivity contribution in [3.8, 4) is 5.75 Å². The van der Waals surface area contributed by atoms with Gasteiger partial charge in [0.25, 0.3) is 20.0 Å². The summed E-state index contributed by atoms with van der Waals surface area (Å²) in [5.74, 6) is -0.200. The first-order valence-corrected chi connectivity index (χ1v) is 18.2. The normalized spacial score (nSPS) is 14.8. The number of benzene rings is 3. The van der Waals surface area contributed by atoms with E-state index < -0.39 is 29.9 Å². The summed E-state index contributed by atoms with van der Waals surface area (Å²) in [5, 5.41) is 0.772. The number of ether oxygens (including phenoxy) is 1. The van der Waals surface area contributed by atoms with Crippen molar-refractivity contribution in [2.24, 2.45) is 0 Å². The first-order chi connectivity index (χ1) is 19.5. The van der Waals surface area contributed by atoms with Crippen molar-refractivity contribution in [2.45, 2.75) is 26.8 Å². The van der Waals surface area contributed by atoms with Crippen LogP contribution in [0.4, 0.5) is 11.4 Å². The van der Waals surface area contributed by atoms with Crippen molar-refractivity contribution in [1.29, 1.82) is 0 Å². The lowest BCUT2D eigenvalue weighted by Gasteiger charge is -2.17. The van der Waals surface area contributed by atoms with Crippen molar-refractivity contribution in [3.63, 3.8) is 0 Å². The van der Waals surface area contributed by atoms with Crippen LogP contribution in [0, 0.1) is 0 Å². The van der Waals surface area contributed by atoms with Crippen LogP contribution in [0.2, 0.25) is 0 Å². The fraction of sp³-hybridized carbons (Fsp3) is 0.259. The van der Waals surface area contributed by atoms with E-state index in [1.165, 1.54) is 31.4 Å². The molecule has 1 fully saturated rings. The van der Waals surface area contributed by atoms with Crippen LogP contribution in [0.1, 0.15) is 12.8 Å². The van der Waals surface area contributed by atoms with E-state index in [0.29, 0.717) is 6.54 Å². The van der Waals surface area contributed by atoms with Crippen LogP contribution < -0.4 is 14.2 Å². The van der Waals surface area contributed by atoms with Gasteiger partial charge in [0, 0.05) is 11.2 Å². The molecule has 41 heavy (non-hydrogen) atoms. The summed E-state index contributed by atoms with van der Waals surface area (Å²) in [7, 11) is -11.0. The highest BCUT2D eigenvalue weighted by Crippen LogP contribution is 2.34. The maximum atomic E-state index is 13.6. The predicted molar refractivity (Wildman–Crippen MR) is 161 cm³/mol. The minimum Gasteiger partial charge on any atom is -0.495 e. The second-order valence-electron chi connectivity index (χ2n) is 9.54. The number of fused-ring (bicyclic) bond motifs is 1. The number of sulfonamides is 2. The smallest absolute Gasteiger partial charge is 0.271 e. The molecule has 0 atom stereocenters. The van der Waals surface area contributed by atoms with Gasteiger partial charge in [-0.2, -0.15) is 0 Å². The van der Waals surface area contributed by atoms with Gasteiger partial charge in [-0.3, -0.25) is 9.44 Å². The third kappa shape index (κ3) is 6.51. The molecule has 0 amide bonds. The summed E-state index contributed by atoms with van der Waals surface area (Å²) in [5.41, 5.74) is -0.0385. The van der Waals surface area contributed by atoms with Crippen molar-refractivity contribution in [2.75, 3.05) is 41.9 Å². The molecule has 2 heterocycles. The third-order valence-corrected chi connectivity index (χ3v) is 12.8. The fourth-order valence-corrected chi connectivity index (χ4v) is 9.71. The van der Waals surface area contributed by atoms with Crippen LogP contribution >= 0.6 is 11.3 Å². The van der Waals surface area contributed by atoms with E-state index in [-0.39, 0.29) is 36.9 Å². The average molecular weight is 636 g/mol. The van der Waals surface area contributed by atoms with Gasteiger partial charge >= 0.3 is 0 Å². The maximum Gasteiger partial charge on any atom is 0.271 e. The number of hydrogen-bond acceptors (Lipinski definition) is 9. The summed E-state index contributed by atoms with van der Waals surface area (Å²) in [6.45, 7) is 2.05. The monoisotopic (exact) mass is 635 g/mol. The van der Waals surface area contributed by atoms with Gasteiger partial charge in [0.1, 0.15) is 14.9 Å². The summed E-state index contributed by atoms with van der Waals surface area (Å²) in [6.07, 6.45) is 2.05. The van der Waals surface area contributed by atoms with Gasteiger partial charge in [0.2, 0.25) is 0 Å². The molecular formula is C27H29N3O7S4. The van der Waals surface area contributed by atoms with Crippen LogP contribution in [0.3, 0.4) is 0 Å². The first-order valence-electron chi connectivity index (χ1n) is 12.7. The van der Waals surface area contributed by atoms with Gasteiger partial charge in [-0.05, 0) is 73.8 Å². The predicted octanol–water partition coefficient (Wildman–Crippen LogP) is 4.38. The van der Waals surface area contributed by atoms with E-state index >= 15 is 0 Å². The van der Waals surface area contributed by atoms with Crippen LogP contribution in [-0.2, 0) is 29.9 Å². The van der Waals surface area contributed by atoms with Gasteiger partial charge < -0.3 is 9.64 Å². The Hall–Kier alpha value is -3.17. The summed E-state index contributed by atoms with van der Waals surface area (Å²) in [4.78, 5) is 1.54. The Morgan fingerprint density at radius 2 is 1.44 bits per heavy atom. The Balaban J connectivity index is 1.42. The molecule has 1 aliphatic rings. The molecule has 1 aliphatic heterocycles. The van der Waals surface area contributed by atoms with Gasteiger partial charge in [0.05, 0.1) is 29.1 Å². The van der Waals surface area contributed by atoms with Gasteiger partial charge in [-0.1, -0.05) is 30.3 Å². The van der Waals surface area contributed by atoms with Crippen LogP contribution in [0.5, 0.6) is 5.75 Å². The summed E-state index contributed by atoms with van der Waals surface area (Å²) in [6, 6.07) is 18.4. The molecule has 0 aliphatic carbocycles. The molecule has 4 aromatic rings. The SMILES string of the molecule is COc1ccc(S(=O)(=O)CCN2CCCC2)cc1S(=O)(=O)Nc1ccccc1NS(=O)(=O)c1cc2ccccc2s1. The van der Waals surface area contributed by atoms with Crippen molar-refractivity contribution in [1.82, 2.24) is 4.90 Å². The lowest BCUT2D eigenvalue weighted by Crippen LogP contribution is -2.26. The second kappa shape index (κ2) is 11.6. The number of methoxy groups -OCH3 is 1. The standard InChI is InChI=1S/C27H29N3O7S4/c1-37-24-13-12-21(39(31,32)17-16-30-14-6-7-15-30)19-26(24)40(33,34)28-22-9-3-4-10-23(22)29-41(35,36)27-18-20-8-2-5-11-25(20)38-27/h2-5,8-13,18-19,28-29H,6-7,14-17H2,1H3. The second-order valence-corrected chi connectivity index (χ2v) is 16.3. The average Bonchev–Trinajstić information content (AvgIpc) is 3.63. The van der Waals surface area contributed by atoms with E-state index in [4.69, 9.17) is 4.74 Å². The zero-order valence-corrected chi connectivity index (χ0v) is 25.4. The number of hydrogen-bond donors (Lipinski definition) is 2. The molecule has 5 rings (SSSR count). The van der Waals surface area contributed by atoms with Crippen LogP contribution in [0.15, 0.2) is 86.8 Å². The van der Waals surface area contributed by atoms with E-state index in [2.05, 4.69) is 14.3 Å². The van der Waals surface area contributed by atoms with E-state index in [1.54, 1.807) is 24.3 Å². The Bertz CT molecular complexity index is 1860. The first kappa shape index (κ1) is 29.3. The summed E-state index contributed by atoms with van der Waals surface area (Å²) >= 11 is 1.09. The highest BCUT2D eigenvalue weighted by atomic mass is 32.2. The quantitative estimate of drug-likeness (QED) is 0.248. The number of nitrogens with one attached hydrogen (secondary N) is 2. The molecule has 1 aromatic heterocycles. The fourth-order valence-electron chi connectivity index (χ4n) is 4.58. The van der Waals surface area contributed by atoms with Crippen molar-refractivity contribution >= 4 is 62.7 Å². The molecular weight excluding hydrogens is 607 g/mol. The van der Waals surface area contributed by atoms with Crippen LogP contribution in [-0.4, -0.2) is 62.7 Å². The number of sulfone groups is 1. The Kier molecular flexibility index (Phi) is 8.30. The molecule has 10 nitrogen and oxygen atoms in total. The zero-order chi connectivity index (χ0) is 29.3. The highest BCUT2D eigenvalue weighted by Gasteiger charge is 2.27. The molecule has 1 saturated heterocycles. The number of thiophene rings is 1. The lowest BCUT2D eigenvalue weighted by molar-refractivity contribution is 0.359. The maximum absolute atomic E-state index is 13.6. The highest BCUT2D eigenvalue weighted by molar-refractivity contribution is 7.95. The van der Waals surface area contributed by atoms with Crippen molar-refractivity contribution < 1.29 is 30.0 Å². The Labute approximate surface area is 244 Å². The lowest BCUT2D eigenvalue weighted by atomic mass is 10.3. The molecule has 3 aromatic carbocycles. The molecule has 0 unspecified atom stereocenters. The largest absolute Gasteiger partial charge is 0.495 e.